The smallest absolute Gasteiger partial charge is 0.308 e. The fraction of sp³-hybridized carbons (Fsp3) is 0.467. The summed E-state index contributed by atoms with van der Waals surface area (Å²) in [4.78, 5) is 24.8. The van der Waals surface area contributed by atoms with Crippen molar-refractivity contribution >= 4 is 11.9 Å². The van der Waals surface area contributed by atoms with Crippen molar-refractivity contribution in [3.63, 3.8) is 0 Å². The fourth-order valence-electron chi connectivity index (χ4n) is 2.57. The number of ether oxygens (including phenoxy) is 1. The molecule has 1 aromatic rings. The summed E-state index contributed by atoms with van der Waals surface area (Å²) in [5.41, 5.74) is 0.472. The number of nitrogens with zero attached hydrogens (tertiary/aromatic N) is 1. The van der Waals surface area contributed by atoms with Crippen molar-refractivity contribution in [3.05, 3.63) is 29.6 Å². The zero-order valence-corrected chi connectivity index (χ0v) is 11.8. The molecule has 1 N–H and O–H groups in total. The van der Waals surface area contributed by atoms with Gasteiger partial charge in [0.25, 0.3) is 0 Å². The first-order valence-electron chi connectivity index (χ1n) is 6.84. The first-order chi connectivity index (χ1) is 10.0. The number of likely N-dealkylation sites (tertiary alicyclic amines) is 1. The second kappa shape index (κ2) is 6.56. The summed E-state index contributed by atoms with van der Waals surface area (Å²) in [5, 5.41) is 9.04. The van der Waals surface area contributed by atoms with Crippen LogP contribution in [0.4, 0.5) is 4.39 Å². The molecule has 1 aromatic carbocycles. The van der Waals surface area contributed by atoms with Crippen molar-refractivity contribution in [3.8, 4) is 5.75 Å². The van der Waals surface area contributed by atoms with Gasteiger partial charge < -0.3 is 14.7 Å². The van der Waals surface area contributed by atoms with Gasteiger partial charge in [0, 0.05) is 18.7 Å². The molecule has 21 heavy (non-hydrogen) atoms. The van der Waals surface area contributed by atoms with Gasteiger partial charge in [0.15, 0.2) is 0 Å². The third kappa shape index (κ3) is 3.71. The highest BCUT2D eigenvalue weighted by Gasteiger charge is 2.28. The van der Waals surface area contributed by atoms with Gasteiger partial charge in [0.05, 0.1) is 19.4 Å². The van der Waals surface area contributed by atoms with Crippen LogP contribution in [0.15, 0.2) is 18.2 Å². The number of carbonyl (C=O) groups excluding carboxylic acids is 1. The lowest BCUT2D eigenvalue weighted by atomic mass is 9.97. The van der Waals surface area contributed by atoms with Crippen LogP contribution in [0.25, 0.3) is 0 Å². The van der Waals surface area contributed by atoms with E-state index in [4.69, 9.17) is 9.84 Å². The van der Waals surface area contributed by atoms with E-state index in [2.05, 4.69) is 0 Å². The zero-order valence-electron chi connectivity index (χ0n) is 11.8. The van der Waals surface area contributed by atoms with Crippen LogP contribution in [0.5, 0.6) is 5.75 Å². The van der Waals surface area contributed by atoms with Crippen LogP contribution in [0.1, 0.15) is 18.4 Å². The summed E-state index contributed by atoms with van der Waals surface area (Å²) in [6, 6.07) is 4.03. The van der Waals surface area contributed by atoms with Gasteiger partial charge in [0.1, 0.15) is 11.6 Å². The molecule has 1 aliphatic heterocycles. The average molecular weight is 295 g/mol. The number of aliphatic carboxylic acids is 1. The summed E-state index contributed by atoms with van der Waals surface area (Å²) >= 11 is 0. The first kappa shape index (κ1) is 15.3. The first-order valence-corrected chi connectivity index (χ1v) is 6.84. The quantitative estimate of drug-likeness (QED) is 0.918. The topological polar surface area (TPSA) is 66.8 Å². The Balaban J connectivity index is 2.07. The van der Waals surface area contributed by atoms with Crippen LogP contribution < -0.4 is 4.74 Å². The molecule has 1 amide bonds. The number of rotatable bonds is 4. The molecule has 1 unspecified atom stereocenters. The van der Waals surface area contributed by atoms with E-state index >= 15 is 0 Å². The highest BCUT2D eigenvalue weighted by molar-refractivity contribution is 5.80. The molecule has 5 nitrogen and oxygen atoms in total. The van der Waals surface area contributed by atoms with Gasteiger partial charge in [-0.3, -0.25) is 9.59 Å². The minimum Gasteiger partial charge on any atom is -0.496 e. The Morgan fingerprint density at radius 1 is 1.48 bits per heavy atom. The molecule has 1 fully saturated rings. The van der Waals surface area contributed by atoms with Gasteiger partial charge in [-0.15, -0.1) is 0 Å². The average Bonchev–Trinajstić information content (AvgIpc) is 2.47. The van der Waals surface area contributed by atoms with Gasteiger partial charge in [-0.2, -0.15) is 0 Å². The molecular formula is C15H18FNO4. The highest BCUT2D eigenvalue weighted by Crippen LogP contribution is 2.22. The van der Waals surface area contributed by atoms with E-state index < -0.39 is 17.7 Å². The Hall–Kier alpha value is -2.11. The molecule has 1 saturated heterocycles. The minimum absolute atomic E-state index is 0.00721. The number of benzene rings is 1. The van der Waals surface area contributed by atoms with E-state index in [1.54, 1.807) is 0 Å². The van der Waals surface area contributed by atoms with Gasteiger partial charge in [-0.1, -0.05) is 0 Å². The van der Waals surface area contributed by atoms with Crippen molar-refractivity contribution in [1.29, 1.82) is 0 Å². The lowest BCUT2D eigenvalue weighted by molar-refractivity contribution is -0.145. The van der Waals surface area contributed by atoms with Gasteiger partial charge in [0.2, 0.25) is 5.91 Å². The van der Waals surface area contributed by atoms with Crippen molar-refractivity contribution in [1.82, 2.24) is 4.90 Å². The van der Waals surface area contributed by atoms with Crippen molar-refractivity contribution in [2.75, 3.05) is 20.2 Å². The maximum Gasteiger partial charge on any atom is 0.308 e. The van der Waals surface area contributed by atoms with Crippen LogP contribution in [0.2, 0.25) is 0 Å². The zero-order chi connectivity index (χ0) is 15.4. The monoisotopic (exact) mass is 295 g/mol. The number of methoxy groups -OCH3 is 1. The minimum atomic E-state index is -0.879. The SMILES string of the molecule is COc1ccc(F)cc1CC(=O)N1CCCC(C(=O)O)C1. The summed E-state index contributed by atoms with van der Waals surface area (Å²) in [6.07, 6.45) is 1.26. The molecule has 1 aliphatic rings. The normalized spacial score (nSPS) is 18.4. The van der Waals surface area contributed by atoms with E-state index in [9.17, 15) is 14.0 Å². The number of amides is 1. The van der Waals surface area contributed by atoms with Crippen molar-refractivity contribution < 1.29 is 23.8 Å². The maximum atomic E-state index is 13.3. The molecule has 6 heteroatoms. The Morgan fingerprint density at radius 2 is 2.24 bits per heavy atom. The molecule has 0 radical (unpaired) electrons. The molecular weight excluding hydrogens is 277 g/mol. The predicted molar refractivity (Wildman–Crippen MR) is 73.6 cm³/mol. The Labute approximate surface area is 122 Å². The lowest BCUT2D eigenvalue weighted by Gasteiger charge is -2.31. The fourth-order valence-corrected chi connectivity index (χ4v) is 2.57. The number of carboxylic acid groups (broad SMARTS) is 1. The summed E-state index contributed by atoms with van der Waals surface area (Å²) in [7, 11) is 1.46. The molecule has 0 saturated carbocycles. The number of carboxylic acids is 1. The molecule has 1 heterocycles. The van der Waals surface area contributed by atoms with E-state index in [0.29, 0.717) is 30.7 Å². The molecule has 114 valence electrons. The van der Waals surface area contributed by atoms with E-state index in [1.165, 1.54) is 30.2 Å². The van der Waals surface area contributed by atoms with Crippen LogP contribution in [0, 0.1) is 11.7 Å². The number of hydrogen-bond donors (Lipinski definition) is 1. The number of hydrogen-bond acceptors (Lipinski definition) is 3. The van der Waals surface area contributed by atoms with Crippen LogP contribution in [-0.2, 0) is 16.0 Å². The Morgan fingerprint density at radius 3 is 2.90 bits per heavy atom. The second-order valence-corrected chi connectivity index (χ2v) is 5.15. The number of carbonyl (C=O) groups is 2. The molecule has 0 aliphatic carbocycles. The lowest BCUT2D eigenvalue weighted by Crippen LogP contribution is -2.43. The largest absolute Gasteiger partial charge is 0.496 e. The maximum absolute atomic E-state index is 13.3. The number of halogens is 1. The predicted octanol–water partition coefficient (Wildman–Crippen LogP) is 1.70. The van der Waals surface area contributed by atoms with E-state index in [-0.39, 0.29) is 18.9 Å². The third-order valence-electron chi connectivity index (χ3n) is 3.71. The van der Waals surface area contributed by atoms with Crippen molar-refractivity contribution in [2.24, 2.45) is 5.92 Å². The van der Waals surface area contributed by atoms with Gasteiger partial charge in [-0.25, -0.2) is 4.39 Å². The summed E-state index contributed by atoms with van der Waals surface area (Å²) in [6.45, 7) is 0.756. The van der Waals surface area contributed by atoms with Crippen LogP contribution in [-0.4, -0.2) is 42.1 Å². The Bertz CT molecular complexity index is 546. The molecule has 1 atom stereocenters. The standard InChI is InChI=1S/C15H18FNO4/c1-21-13-5-4-12(16)7-11(13)8-14(18)17-6-2-3-10(9-17)15(19)20/h4-5,7,10H,2-3,6,8-9H2,1H3,(H,19,20). The Kier molecular flexibility index (Phi) is 4.77. The second-order valence-electron chi connectivity index (χ2n) is 5.15. The van der Waals surface area contributed by atoms with Crippen LogP contribution >= 0.6 is 0 Å². The summed E-state index contributed by atoms with van der Waals surface area (Å²) in [5.74, 6) is -1.57. The van der Waals surface area contributed by atoms with Crippen LogP contribution in [0.3, 0.4) is 0 Å². The van der Waals surface area contributed by atoms with E-state index in [0.717, 1.165) is 0 Å². The van der Waals surface area contributed by atoms with E-state index in [1.807, 2.05) is 0 Å². The summed E-state index contributed by atoms with van der Waals surface area (Å²) < 4.78 is 18.4. The molecule has 0 spiro atoms. The molecule has 0 bridgehead atoms. The van der Waals surface area contributed by atoms with Gasteiger partial charge in [-0.05, 0) is 31.0 Å². The van der Waals surface area contributed by atoms with Crippen molar-refractivity contribution in [2.45, 2.75) is 19.3 Å². The molecule has 2 rings (SSSR count). The molecule has 0 aromatic heterocycles. The third-order valence-corrected chi connectivity index (χ3v) is 3.71. The van der Waals surface area contributed by atoms with Gasteiger partial charge >= 0.3 is 5.97 Å². The number of piperidine rings is 1. The highest BCUT2D eigenvalue weighted by atomic mass is 19.1.